The second-order valence-corrected chi connectivity index (χ2v) is 7.16. The average molecular weight is 460 g/mol. The number of esters is 1. The van der Waals surface area contributed by atoms with Gasteiger partial charge in [0.15, 0.2) is 0 Å². The molecular weight excluding hydrogens is 445 g/mol. The Bertz CT molecular complexity index is 1160. The number of ether oxygens (including phenoxy) is 1. The number of rotatable bonds is 6. The first-order valence-corrected chi connectivity index (χ1v) is 9.57. The molecule has 3 aromatic carbocycles. The molecule has 10 heteroatoms. The lowest BCUT2D eigenvalue weighted by molar-refractivity contribution is -0.384. The maximum absolute atomic E-state index is 12.9. The first-order valence-electron chi connectivity index (χ1n) is 8.82. The summed E-state index contributed by atoms with van der Waals surface area (Å²) in [6, 6.07) is 16.3. The van der Waals surface area contributed by atoms with Crippen molar-refractivity contribution in [1.29, 1.82) is 0 Å². The molecule has 31 heavy (non-hydrogen) atoms. The van der Waals surface area contributed by atoms with E-state index < -0.39 is 22.9 Å². The van der Waals surface area contributed by atoms with Crippen LogP contribution in [0.2, 0.25) is 10.0 Å². The van der Waals surface area contributed by atoms with Crippen molar-refractivity contribution < 1.29 is 19.2 Å². The zero-order chi connectivity index (χ0) is 22.5. The number of halogens is 2. The molecule has 0 bridgehead atoms. The summed E-state index contributed by atoms with van der Waals surface area (Å²) in [5.74, 6) is -1.51. The molecule has 0 aliphatic carbocycles. The quantitative estimate of drug-likeness (QED) is 0.230. The molecular formula is C21H15Cl2N3O5. The summed E-state index contributed by atoms with van der Waals surface area (Å²) >= 11 is 11.7. The maximum atomic E-state index is 12.9. The van der Waals surface area contributed by atoms with Crippen molar-refractivity contribution in [2.75, 3.05) is 11.1 Å². The molecule has 1 amide bonds. The van der Waals surface area contributed by atoms with Gasteiger partial charge in [0.2, 0.25) is 6.10 Å². The van der Waals surface area contributed by atoms with Crippen LogP contribution in [-0.2, 0) is 9.53 Å². The zero-order valence-corrected chi connectivity index (χ0v) is 17.3. The van der Waals surface area contributed by atoms with E-state index in [0.717, 1.165) is 6.07 Å². The molecule has 0 saturated carbocycles. The van der Waals surface area contributed by atoms with Gasteiger partial charge in [-0.05, 0) is 30.3 Å². The number of hydrogen-bond donors (Lipinski definition) is 2. The normalized spacial score (nSPS) is 11.4. The number of amides is 1. The molecule has 0 aromatic heterocycles. The molecule has 0 aliphatic rings. The van der Waals surface area contributed by atoms with E-state index in [1.165, 1.54) is 30.3 Å². The van der Waals surface area contributed by atoms with Crippen molar-refractivity contribution in [3.63, 3.8) is 0 Å². The second kappa shape index (κ2) is 9.46. The van der Waals surface area contributed by atoms with E-state index in [-0.39, 0.29) is 32.7 Å². The molecule has 1 atom stereocenters. The van der Waals surface area contributed by atoms with Gasteiger partial charge in [-0.15, -0.1) is 0 Å². The number of nitrogens with two attached hydrogens (primary N) is 1. The van der Waals surface area contributed by atoms with Crippen molar-refractivity contribution in [2.24, 2.45) is 0 Å². The van der Waals surface area contributed by atoms with E-state index in [1.54, 1.807) is 30.3 Å². The van der Waals surface area contributed by atoms with Crippen LogP contribution in [0.3, 0.4) is 0 Å². The van der Waals surface area contributed by atoms with E-state index in [0.29, 0.717) is 5.56 Å². The van der Waals surface area contributed by atoms with Gasteiger partial charge >= 0.3 is 5.97 Å². The molecule has 0 fully saturated rings. The molecule has 3 N–H and O–H groups in total. The van der Waals surface area contributed by atoms with Crippen LogP contribution in [0.4, 0.5) is 17.1 Å². The summed E-state index contributed by atoms with van der Waals surface area (Å²) in [6.45, 7) is 0. The van der Waals surface area contributed by atoms with E-state index >= 15 is 0 Å². The van der Waals surface area contributed by atoms with Gasteiger partial charge in [0.1, 0.15) is 5.02 Å². The smallest absolute Gasteiger partial charge is 0.339 e. The molecule has 3 aromatic rings. The highest BCUT2D eigenvalue weighted by molar-refractivity contribution is 6.33. The van der Waals surface area contributed by atoms with Crippen LogP contribution in [-0.4, -0.2) is 16.8 Å². The Kier molecular flexibility index (Phi) is 6.74. The van der Waals surface area contributed by atoms with Gasteiger partial charge in [-0.2, -0.15) is 0 Å². The van der Waals surface area contributed by atoms with Gasteiger partial charge in [0.05, 0.1) is 21.2 Å². The number of nitro groups is 1. The molecule has 1 unspecified atom stereocenters. The van der Waals surface area contributed by atoms with E-state index in [9.17, 15) is 19.7 Å². The summed E-state index contributed by atoms with van der Waals surface area (Å²) in [5, 5.41) is 13.8. The fourth-order valence-corrected chi connectivity index (χ4v) is 2.99. The third-order valence-corrected chi connectivity index (χ3v) is 4.87. The summed E-state index contributed by atoms with van der Waals surface area (Å²) in [4.78, 5) is 36.0. The monoisotopic (exact) mass is 459 g/mol. The summed E-state index contributed by atoms with van der Waals surface area (Å²) in [6.07, 6.45) is -1.33. The number of hydrogen-bond acceptors (Lipinski definition) is 6. The van der Waals surface area contributed by atoms with Crippen LogP contribution in [0.1, 0.15) is 22.0 Å². The number of benzene rings is 3. The van der Waals surface area contributed by atoms with Crippen LogP contribution in [0.5, 0.6) is 0 Å². The van der Waals surface area contributed by atoms with Crippen molar-refractivity contribution >= 4 is 52.1 Å². The van der Waals surface area contributed by atoms with Crippen LogP contribution < -0.4 is 11.1 Å². The largest absolute Gasteiger partial charge is 0.444 e. The highest BCUT2D eigenvalue weighted by Gasteiger charge is 2.26. The zero-order valence-electron chi connectivity index (χ0n) is 15.7. The Labute approximate surface area is 186 Å². The number of anilines is 2. The van der Waals surface area contributed by atoms with Gasteiger partial charge in [-0.1, -0.05) is 53.5 Å². The van der Waals surface area contributed by atoms with Crippen molar-refractivity contribution in [1.82, 2.24) is 0 Å². The first kappa shape index (κ1) is 22.1. The highest BCUT2D eigenvalue weighted by atomic mass is 35.5. The van der Waals surface area contributed by atoms with E-state index in [1.807, 2.05) is 0 Å². The van der Waals surface area contributed by atoms with E-state index in [4.69, 9.17) is 33.7 Å². The van der Waals surface area contributed by atoms with E-state index in [2.05, 4.69) is 5.32 Å². The average Bonchev–Trinajstić information content (AvgIpc) is 2.75. The molecule has 0 saturated heterocycles. The van der Waals surface area contributed by atoms with Crippen molar-refractivity contribution in [3.8, 4) is 0 Å². The molecule has 0 aliphatic heterocycles. The lowest BCUT2D eigenvalue weighted by Gasteiger charge is -2.18. The van der Waals surface area contributed by atoms with Gasteiger partial charge in [0.25, 0.3) is 11.6 Å². The minimum absolute atomic E-state index is 0.0747. The SMILES string of the molecule is Nc1cc(C(=O)OC(C(=O)Nc2ccc(Cl)c([N+](=O)[O-])c2)c2ccccc2)ccc1Cl. The number of nitro benzene ring substituents is 1. The Hall–Kier alpha value is -3.62. The maximum Gasteiger partial charge on any atom is 0.339 e. The van der Waals surface area contributed by atoms with Gasteiger partial charge in [-0.25, -0.2) is 4.79 Å². The number of nitrogen functional groups attached to an aromatic ring is 1. The third-order valence-electron chi connectivity index (χ3n) is 4.21. The topological polar surface area (TPSA) is 125 Å². The second-order valence-electron chi connectivity index (χ2n) is 6.34. The van der Waals surface area contributed by atoms with Gasteiger partial charge in [-0.3, -0.25) is 14.9 Å². The van der Waals surface area contributed by atoms with Crippen LogP contribution in [0, 0.1) is 10.1 Å². The first-order chi connectivity index (χ1) is 14.8. The summed E-state index contributed by atoms with van der Waals surface area (Å²) < 4.78 is 5.44. The number of nitrogens with one attached hydrogen (secondary N) is 1. The fraction of sp³-hybridized carbons (Fsp3) is 0.0476. The highest BCUT2D eigenvalue weighted by Crippen LogP contribution is 2.29. The summed E-state index contributed by atoms with van der Waals surface area (Å²) in [7, 11) is 0. The Balaban J connectivity index is 1.88. The number of carbonyl (C=O) groups is 2. The molecule has 0 spiro atoms. The minimum atomic E-state index is -1.33. The standard InChI is InChI=1S/C21H15Cl2N3O5/c22-15-8-6-13(10-17(15)24)21(28)31-19(12-4-2-1-3-5-12)20(27)25-14-7-9-16(23)18(11-14)26(29)30/h1-11,19H,24H2,(H,25,27). The molecule has 0 radical (unpaired) electrons. The predicted octanol–water partition coefficient (Wildman–Crippen LogP) is 5.02. The van der Waals surface area contributed by atoms with Gasteiger partial charge in [0, 0.05) is 17.3 Å². The Morgan fingerprint density at radius 2 is 1.68 bits per heavy atom. The van der Waals surface area contributed by atoms with Crippen molar-refractivity contribution in [3.05, 3.63) is 98.0 Å². The van der Waals surface area contributed by atoms with Gasteiger partial charge < -0.3 is 15.8 Å². The molecule has 3 rings (SSSR count). The van der Waals surface area contributed by atoms with Crippen molar-refractivity contribution in [2.45, 2.75) is 6.10 Å². The number of carbonyl (C=O) groups excluding carboxylic acids is 2. The van der Waals surface area contributed by atoms with Crippen LogP contribution >= 0.6 is 23.2 Å². The Morgan fingerprint density at radius 3 is 2.32 bits per heavy atom. The Morgan fingerprint density at radius 1 is 1.00 bits per heavy atom. The van der Waals surface area contributed by atoms with Crippen LogP contribution in [0.15, 0.2) is 66.7 Å². The molecule has 158 valence electrons. The predicted molar refractivity (Wildman–Crippen MR) is 117 cm³/mol. The fourth-order valence-electron chi connectivity index (χ4n) is 2.68. The van der Waals surface area contributed by atoms with Crippen LogP contribution in [0.25, 0.3) is 0 Å². The molecule has 8 nitrogen and oxygen atoms in total. The summed E-state index contributed by atoms with van der Waals surface area (Å²) in [5.41, 5.74) is 6.17. The number of nitrogens with zero attached hydrogens (tertiary/aromatic N) is 1. The minimum Gasteiger partial charge on any atom is -0.444 e. The lowest BCUT2D eigenvalue weighted by atomic mass is 10.1. The lowest BCUT2D eigenvalue weighted by Crippen LogP contribution is -2.26. The molecule has 0 heterocycles. The third kappa shape index (κ3) is 5.30.